The number of methoxy groups -OCH3 is 2. The van der Waals surface area contributed by atoms with E-state index >= 15 is 0 Å². The van der Waals surface area contributed by atoms with Gasteiger partial charge in [-0.1, -0.05) is 6.92 Å². The number of esters is 1. The molecule has 2 atom stereocenters. The molecule has 0 radical (unpaired) electrons. The molecule has 17 heavy (non-hydrogen) atoms. The highest BCUT2D eigenvalue weighted by Gasteiger charge is 2.26. The van der Waals surface area contributed by atoms with Crippen molar-refractivity contribution >= 4 is 5.97 Å². The van der Waals surface area contributed by atoms with E-state index in [0.29, 0.717) is 18.6 Å². The molecule has 0 aromatic rings. The highest BCUT2D eigenvalue weighted by molar-refractivity contribution is 5.69. The molecule has 0 aliphatic heterocycles. The zero-order chi connectivity index (χ0) is 12.7. The molecule has 0 aromatic heterocycles. The van der Waals surface area contributed by atoms with E-state index in [2.05, 4.69) is 16.6 Å². The molecule has 4 heteroatoms. The Morgan fingerprint density at radius 3 is 2.71 bits per heavy atom. The van der Waals surface area contributed by atoms with E-state index < -0.39 is 0 Å². The molecule has 1 aliphatic carbocycles. The van der Waals surface area contributed by atoms with Crippen LogP contribution in [0.1, 0.15) is 39.0 Å². The SMILES string of the molecule is CCN(CCC(=O)OC)C1CCCC(OC)C1. The second-order valence-electron chi connectivity index (χ2n) is 4.63. The van der Waals surface area contributed by atoms with Crippen molar-refractivity contribution in [3.63, 3.8) is 0 Å². The number of hydrogen-bond donors (Lipinski definition) is 0. The number of hydrogen-bond acceptors (Lipinski definition) is 4. The number of nitrogens with zero attached hydrogens (tertiary/aromatic N) is 1. The maximum absolute atomic E-state index is 11.2. The average Bonchev–Trinajstić information content (AvgIpc) is 2.39. The second kappa shape index (κ2) is 7.67. The van der Waals surface area contributed by atoms with Crippen LogP contribution in [0.5, 0.6) is 0 Å². The molecule has 2 unspecified atom stereocenters. The summed E-state index contributed by atoms with van der Waals surface area (Å²) in [5, 5.41) is 0. The monoisotopic (exact) mass is 243 g/mol. The lowest BCUT2D eigenvalue weighted by atomic mass is 9.91. The zero-order valence-corrected chi connectivity index (χ0v) is 11.3. The van der Waals surface area contributed by atoms with Crippen LogP contribution in [0.4, 0.5) is 0 Å². The Kier molecular flexibility index (Phi) is 6.52. The minimum atomic E-state index is -0.123. The van der Waals surface area contributed by atoms with Gasteiger partial charge in [-0.2, -0.15) is 0 Å². The molecular weight excluding hydrogens is 218 g/mol. The van der Waals surface area contributed by atoms with Gasteiger partial charge in [-0.3, -0.25) is 9.69 Å². The van der Waals surface area contributed by atoms with Crippen molar-refractivity contribution in [2.24, 2.45) is 0 Å². The van der Waals surface area contributed by atoms with Gasteiger partial charge in [0.1, 0.15) is 0 Å². The van der Waals surface area contributed by atoms with Crippen LogP contribution in [-0.4, -0.2) is 50.3 Å². The summed E-state index contributed by atoms with van der Waals surface area (Å²) in [7, 11) is 3.23. The highest BCUT2D eigenvalue weighted by atomic mass is 16.5. The van der Waals surface area contributed by atoms with Crippen LogP contribution in [0.3, 0.4) is 0 Å². The third kappa shape index (κ3) is 4.64. The Hall–Kier alpha value is -0.610. The van der Waals surface area contributed by atoms with Crippen molar-refractivity contribution in [2.45, 2.75) is 51.2 Å². The fourth-order valence-corrected chi connectivity index (χ4v) is 2.60. The molecule has 1 fully saturated rings. The molecular formula is C13H25NO3. The Morgan fingerprint density at radius 2 is 2.12 bits per heavy atom. The summed E-state index contributed by atoms with van der Waals surface area (Å²) in [6.45, 7) is 3.93. The molecule has 0 spiro atoms. The lowest BCUT2D eigenvalue weighted by Crippen LogP contribution is -2.41. The van der Waals surface area contributed by atoms with Crippen LogP contribution in [0.15, 0.2) is 0 Å². The summed E-state index contributed by atoms with van der Waals surface area (Å²) >= 11 is 0. The fourth-order valence-electron chi connectivity index (χ4n) is 2.60. The Morgan fingerprint density at radius 1 is 1.35 bits per heavy atom. The van der Waals surface area contributed by atoms with Crippen LogP contribution >= 0.6 is 0 Å². The van der Waals surface area contributed by atoms with Gasteiger partial charge >= 0.3 is 5.97 Å². The molecule has 0 N–H and O–H groups in total. The number of carbonyl (C=O) groups is 1. The van der Waals surface area contributed by atoms with E-state index in [9.17, 15) is 4.79 Å². The van der Waals surface area contributed by atoms with E-state index in [-0.39, 0.29) is 5.97 Å². The zero-order valence-electron chi connectivity index (χ0n) is 11.3. The standard InChI is InChI=1S/C13H25NO3/c1-4-14(9-8-13(15)17-3)11-6-5-7-12(10-11)16-2/h11-12H,4-10H2,1-3H3. The number of carbonyl (C=O) groups excluding carboxylic acids is 1. The van der Waals surface area contributed by atoms with Gasteiger partial charge in [0, 0.05) is 19.7 Å². The van der Waals surface area contributed by atoms with E-state index in [1.807, 2.05) is 0 Å². The van der Waals surface area contributed by atoms with Gasteiger partial charge in [0.2, 0.25) is 0 Å². The van der Waals surface area contributed by atoms with Crippen molar-refractivity contribution in [2.75, 3.05) is 27.3 Å². The summed E-state index contributed by atoms with van der Waals surface area (Å²) in [6.07, 6.45) is 5.57. The molecule has 0 bridgehead atoms. The van der Waals surface area contributed by atoms with Crippen LogP contribution in [0.2, 0.25) is 0 Å². The maximum atomic E-state index is 11.2. The van der Waals surface area contributed by atoms with Gasteiger partial charge in [-0.25, -0.2) is 0 Å². The van der Waals surface area contributed by atoms with E-state index in [1.54, 1.807) is 7.11 Å². The summed E-state index contributed by atoms with van der Waals surface area (Å²) in [6, 6.07) is 0.559. The van der Waals surface area contributed by atoms with Gasteiger partial charge in [-0.05, 0) is 32.2 Å². The molecule has 0 heterocycles. The van der Waals surface area contributed by atoms with Gasteiger partial charge in [0.15, 0.2) is 0 Å². The van der Waals surface area contributed by atoms with Crippen molar-refractivity contribution in [3.8, 4) is 0 Å². The molecule has 1 aliphatic rings. The summed E-state index contributed by atoms with van der Waals surface area (Å²) in [4.78, 5) is 13.5. The summed E-state index contributed by atoms with van der Waals surface area (Å²) < 4.78 is 10.1. The molecule has 4 nitrogen and oxygen atoms in total. The largest absolute Gasteiger partial charge is 0.469 e. The normalized spacial score (nSPS) is 24.9. The first-order valence-corrected chi connectivity index (χ1v) is 6.54. The second-order valence-corrected chi connectivity index (χ2v) is 4.63. The van der Waals surface area contributed by atoms with E-state index in [1.165, 1.54) is 26.4 Å². The first-order chi connectivity index (χ1) is 8.21. The fraction of sp³-hybridized carbons (Fsp3) is 0.923. The van der Waals surface area contributed by atoms with Crippen molar-refractivity contribution in [3.05, 3.63) is 0 Å². The van der Waals surface area contributed by atoms with Crippen molar-refractivity contribution in [1.29, 1.82) is 0 Å². The van der Waals surface area contributed by atoms with Crippen molar-refractivity contribution < 1.29 is 14.3 Å². The molecule has 0 amide bonds. The summed E-state index contributed by atoms with van der Waals surface area (Å²) in [5.74, 6) is -0.123. The maximum Gasteiger partial charge on any atom is 0.306 e. The minimum absolute atomic E-state index is 0.123. The van der Waals surface area contributed by atoms with Gasteiger partial charge in [0.05, 0.1) is 19.6 Å². The first kappa shape index (κ1) is 14.5. The minimum Gasteiger partial charge on any atom is -0.469 e. The van der Waals surface area contributed by atoms with Crippen LogP contribution < -0.4 is 0 Å². The van der Waals surface area contributed by atoms with Gasteiger partial charge in [-0.15, -0.1) is 0 Å². The highest BCUT2D eigenvalue weighted by Crippen LogP contribution is 2.24. The quantitative estimate of drug-likeness (QED) is 0.667. The van der Waals surface area contributed by atoms with Crippen LogP contribution in [0, 0.1) is 0 Å². The van der Waals surface area contributed by atoms with E-state index in [0.717, 1.165) is 19.5 Å². The lowest BCUT2D eigenvalue weighted by molar-refractivity contribution is -0.141. The molecule has 100 valence electrons. The topological polar surface area (TPSA) is 38.8 Å². The van der Waals surface area contributed by atoms with Gasteiger partial charge in [0.25, 0.3) is 0 Å². The lowest BCUT2D eigenvalue weighted by Gasteiger charge is -2.36. The molecule has 1 rings (SSSR count). The Balaban J connectivity index is 2.40. The molecule has 0 saturated heterocycles. The predicted molar refractivity (Wildman–Crippen MR) is 66.9 cm³/mol. The molecule has 0 aromatic carbocycles. The third-order valence-corrected chi connectivity index (χ3v) is 3.69. The van der Waals surface area contributed by atoms with Crippen molar-refractivity contribution in [1.82, 2.24) is 4.90 Å². The average molecular weight is 243 g/mol. The molecule has 1 saturated carbocycles. The Bertz CT molecular complexity index is 233. The first-order valence-electron chi connectivity index (χ1n) is 6.54. The van der Waals surface area contributed by atoms with Crippen LogP contribution in [0.25, 0.3) is 0 Å². The predicted octanol–water partition coefficient (Wildman–Crippen LogP) is 1.83. The summed E-state index contributed by atoms with van der Waals surface area (Å²) in [5.41, 5.74) is 0. The third-order valence-electron chi connectivity index (χ3n) is 3.69. The Labute approximate surface area is 104 Å². The van der Waals surface area contributed by atoms with E-state index in [4.69, 9.17) is 4.74 Å². The van der Waals surface area contributed by atoms with Crippen LogP contribution in [-0.2, 0) is 14.3 Å². The smallest absolute Gasteiger partial charge is 0.306 e. The van der Waals surface area contributed by atoms with Gasteiger partial charge < -0.3 is 9.47 Å². The number of rotatable bonds is 6. The number of ether oxygens (including phenoxy) is 2.